The summed E-state index contributed by atoms with van der Waals surface area (Å²) in [6.45, 7) is 5.68. The fourth-order valence-electron chi connectivity index (χ4n) is 1.80. The SMILES string of the molecule is C[C@H](O)[C@H]1CC(F)(F)CN1C(=O)OC(C)(C)C. The van der Waals surface area contributed by atoms with Gasteiger partial charge in [-0.05, 0) is 27.7 Å². The molecule has 1 saturated heterocycles. The quantitative estimate of drug-likeness (QED) is 0.775. The number of carbonyl (C=O) groups is 1. The van der Waals surface area contributed by atoms with Gasteiger partial charge >= 0.3 is 6.09 Å². The van der Waals surface area contributed by atoms with Crippen molar-refractivity contribution in [3.8, 4) is 0 Å². The van der Waals surface area contributed by atoms with Crippen LogP contribution < -0.4 is 0 Å². The molecule has 0 radical (unpaired) electrons. The zero-order valence-electron chi connectivity index (χ0n) is 10.5. The van der Waals surface area contributed by atoms with Crippen molar-refractivity contribution >= 4 is 6.09 Å². The van der Waals surface area contributed by atoms with Crippen molar-refractivity contribution in [1.29, 1.82) is 0 Å². The molecule has 0 aromatic carbocycles. The van der Waals surface area contributed by atoms with Crippen LogP contribution in [0.15, 0.2) is 0 Å². The van der Waals surface area contributed by atoms with Crippen LogP contribution in [0.1, 0.15) is 34.1 Å². The Labute approximate surface area is 99.5 Å². The number of aliphatic hydroxyl groups excluding tert-OH is 1. The van der Waals surface area contributed by atoms with Crippen molar-refractivity contribution in [1.82, 2.24) is 4.90 Å². The first-order valence-electron chi connectivity index (χ1n) is 5.57. The number of nitrogens with zero attached hydrogens (tertiary/aromatic N) is 1. The van der Waals surface area contributed by atoms with Gasteiger partial charge < -0.3 is 9.84 Å². The Morgan fingerprint density at radius 3 is 2.47 bits per heavy atom. The highest BCUT2D eigenvalue weighted by Crippen LogP contribution is 2.34. The van der Waals surface area contributed by atoms with E-state index in [1.807, 2.05) is 0 Å². The standard InChI is InChI=1S/C11H19F2NO3/c1-7(15)8-5-11(12,13)6-14(8)9(16)17-10(2,3)4/h7-8,15H,5-6H2,1-4H3/t7-,8+/m0/s1. The monoisotopic (exact) mass is 251 g/mol. The lowest BCUT2D eigenvalue weighted by Crippen LogP contribution is -2.44. The van der Waals surface area contributed by atoms with Gasteiger partial charge in [0.1, 0.15) is 5.60 Å². The first-order valence-corrected chi connectivity index (χ1v) is 5.57. The Balaban J connectivity index is 2.77. The van der Waals surface area contributed by atoms with Gasteiger partial charge in [-0.15, -0.1) is 0 Å². The normalized spacial score (nSPS) is 25.8. The van der Waals surface area contributed by atoms with E-state index in [2.05, 4.69) is 0 Å². The summed E-state index contributed by atoms with van der Waals surface area (Å²) in [5, 5.41) is 9.42. The van der Waals surface area contributed by atoms with E-state index in [4.69, 9.17) is 4.74 Å². The topological polar surface area (TPSA) is 49.8 Å². The zero-order chi connectivity index (χ0) is 13.4. The average Bonchev–Trinajstić information content (AvgIpc) is 2.38. The molecule has 6 heteroatoms. The first-order chi connectivity index (χ1) is 7.52. The van der Waals surface area contributed by atoms with Gasteiger partial charge in [-0.25, -0.2) is 13.6 Å². The lowest BCUT2D eigenvalue weighted by Gasteiger charge is -2.29. The minimum Gasteiger partial charge on any atom is -0.444 e. The van der Waals surface area contributed by atoms with Crippen LogP contribution in [0.4, 0.5) is 13.6 Å². The summed E-state index contributed by atoms with van der Waals surface area (Å²) in [7, 11) is 0. The third-order valence-corrected chi connectivity index (χ3v) is 2.49. The van der Waals surface area contributed by atoms with Crippen molar-refractivity contribution in [3.05, 3.63) is 0 Å². The number of ether oxygens (including phenoxy) is 1. The van der Waals surface area contributed by atoms with Crippen molar-refractivity contribution in [2.45, 2.75) is 57.8 Å². The molecule has 1 aliphatic rings. The average molecular weight is 251 g/mol. The second-order valence-electron chi connectivity index (χ2n) is 5.48. The van der Waals surface area contributed by atoms with Crippen LogP contribution in [-0.4, -0.2) is 46.3 Å². The van der Waals surface area contributed by atoms with E-state index in [1.165, 1.54) is 6.92 Å². The predicted octanol–water partition coefficient (Wildman–Crippen LogP) is 2.01. The molecule has 0 aromatic heterocycles. The lowest BCUT2D eigenvalue weighted by atomic mass is 10.1. The fraction of sp³-hybridized carbons (Fsp3) is 0.909. The summed E-state index contributed by atoms with van der Waals surface area (Å²) in [5.41, 5.74) is -0.738. The lowest BCUT2D eigenvalue weighted by molar-refractivity contribution is -0.00412. The summed E-state index contributed by atoms with van der Waals surface area (Å²) >= 11 is 0. The zero-order valence-corrected chi connectivity index (χ0v) is 10.5. The Morgan fingerprint density at radius 1 is 1.53 bits per heavy atom. The maximum atomic E-state index is 13.2. The Bertz CT molecular complexity index is 300. The Morgan fingerprint density at radius 2 is 2.06 bits per heavy atom. The van der Waals surface area contributed by atoms with Crippen LogP contribution in [-0.2, 0) is 4.74 Å². The molecule has 17 heavy (non-hydrogen) atoms. The molecule has 1 heterocycles. The molecule has 2 atom stereocenters. The van der Waals surface area contributed by atoms with E-state index in [0.29, 0.717) is 0 Å². The van der Waals surface area contributed by atoms with Gasteiger partial charge in [0.25, 0.3) is 5.92 Å². The van der Waals surface area contributed by atoms with Gasteiger partial charge in [0, 0.05) is 6.42 Å². The van der Waals surface area contributed by atoms with E-state index < -0.39 is 42.7 Å². The number of halogens is 2. The summed E-state index contributed by atoms with van der Waals surface area (Å²) in [4.78, 5) is 12.6. The van der Waals surface area contributed by atoms with Gasteiger partial charge in [-0.2, -0.15) is 0 Å². The smallest absolute Gasteiger partial charge is 0.410 e. The third kappa shape index (κ3) is 3.80. The number of amides is 1. The van der Waals surface area contributed by atoms with E-state index in [9.17, 15) is 18.7 Å². The van der Waals surface area contributed by atoms with E-state index >= 15 is 0 Å². The molecule has 1 fully saturated rings. The van der Waals surface area contributed by atoms with Crippen molar-refractivity contribution in [3.63, 3.8) is 0 Å². The molecule has 0 unspecified atom stereocenters. The second kappa shape index (κ2) is 4.40. The maximum absolute atomic E-state index is 13.2. The number of alkyl halides is 2. The number of aliphatic hydroxyl groups is 1. The Kier molecular flexibility index (Phi) is 3.66. The van der Waals surface area contributed by atoms with Crippen LogP contribution >= 0.6 is 0 Å². The molecule has 1 amide bonds. The molecule has 1 rings (SSSR count). The fourth-order valence-corrected chi connectivity index (χ4v) is 1.80. The number of carbonyl (C=O) groups excluding carboxylic acids is 1. The molecule has 0 spiro atoms. The summed E-state index contributed by atoms with van der Waals surface area (Å²) in [6.07, 6.45) is -2.33. The maximum Gasteiger partial charge on any atom is 0.410 e. The minimum absolute atomic E-state index is 0.524. The molecule has 0 aliphatic carbocycles. The van der Waals surface area contributed by atoms with E-state index in [0.717, 1.165) is 4.90 Å². The van der Waals surface area contributed by atoms with Crippen LogP contribution in [0.2, 0.25) is 0 Å². The van der Waals surface area contributed by atoms with Gasteiger partial charge in [0.05, 0.1) is 18.7 Å². The van der Waals surface area contributed by atoms with Crippen LogP contribution in [0, 0.1) is 0 Å². The first kappa shape index (κ1) is 14.2. The Hall–Kier alpha value is -0.910. The number of likely N-dealkylation sites (tertiary alicyclic amines) is 1. The molecule has 1 aliphatic heterocycles. The third-order valence-electron chi connectivity index (χ3n) is 2.49. The summed E-state index contributed by atoms with van der Waals surface area (Å²) in [5.74, 6) is -2.96. The minimum atomic E-state index is -2.96. The molecule has 0 saturated carbocycles. The predicted molar refractivity (Wildman–Crippen MR) is 58.0 cm³/mol. The van der Waals surface area contributed by atoms with Gasteiger partial charge in [0.15, 0.2) is 0 Å². The van der Waals surface area contributed by atoms with Crippen LogP contribution in [0.5, 0.6) is 0 Å². The van der Waals surface area contributed by atoms with Crippen LogP contribution in [0.3, 0.4) is 0 Å². The highest BCUT2D eigenvalue weighted by molar-refractivity contribution is 5.69. The number of hydrogen-bond donors (Lipinski definition) is 1. The highest BCUT2D eigenvalue weighted by Gasteiger charge is 2.49. The van der Waals surface area contributed by atoms with Gasteiger partial charge in [-0.1, -0.05) is 0 Å². The van der Waals surface area contributed by atoms with Crippen molar-refractivity contribution in [2.24, 2.45) is 0 Å². The van der Waals surface area contributed by atoms with Crippen LogP contribution in [0.25, 0.3) is 0 Å². The molecular weight excluding hydrogens is 232 g/mol. The molecule has 0 bridgehead atoms. The van der Waals surface area contributed by atoms with Gasteiger partial charge in [0.2, 0.25) is 0 Å². The van der Waals surface area contributed by atoms with E-state index in [-0.39, 0.29) is 0 Å². The van der Waals surface area contributed by atoms with Crippen molar-refractivity contribution in [2.75, 3.05) is 6.54 Å². The largest absolute Gasteiger partial charge is 0.444 e. The van der Waals surface area contributed by atoms with Crippen molar-refractivity contribution < 1.29 is 23.4 Å². The second-order valence-corrected chi connectivity index (χ2v) is 5.48. The highest BCUT2D eigenvalue weighted by atomic mass is 19.3. The summed E-state index contributed by atoms with van der Waals surface area (Å²) in [6, 6.07) is -0.889. The molecule has 4 nitrogen and oxygen atoms in total. The number of hydrogen-bond acceptors (Lipinski definition) is 3. The van der Waals surface area contributed by atoms with E-state index in [1.54, 1.807) is 20.8 Å². The van der Waals surface area contributed by atoms with Gasteiger partial charge in [-0.3, -0.25) is 4.90 Å². The molecular formula is C11H19F2NO3. The molecule has 100 valence electrons. The molecule has 0 aromatic rings. The summed E-state index contributed by atoms with van der Waals surface area (Å²) < 4.78 is 31.5. The number of rotatable bonds is 1. The molecule has 1 N–H and O–H groups in total.